The molecule has 15 heavy (non-hydrogen) atoms. The van der Waals surface area contributed by atoms with Gasteiger partial charge in [-0.05, 0) is 19.1 Å². The van der Waals surface area contributed by atoms with E-state index in [9.17, 15) is 0 Å². The second kappa shape index (κ2) is 5.46. The minimum absolute atomic E-state index is 0.00817. The summed E-state index contributed by atoms with van der Waals surface area (Å²) in [6.45, 7) is 1.88. The minimum atomic E-state index is -0.00817. The highest BCUT2D eigenvalue weighted by atomic mass is 35.5. The molecule has 2 nitrogen and oxygen atoms in total. The van der Waals surface area contributed by atoms with Crippen LogP contribution in [0.1, 0.15) is 13.3 Å². The molecule has 0 spiro atoms. The average Bonchev–Trinajstić information content (AvgIpc) is 2.11. The van der Waals surface area contributed by atoms with Crippen molar-refractivity contribution in [3.8, 4) is 6.07 Å². The lowest BCUT2D eigenvalue weighted by Gasteiger charge is -2.15. The number of rotatable bonds is 3. The third-order valence-electron chi connectivity index (χ3n) is 1.80. The molecule has 1 aromatic rings. The predicted octanol–water partition coefficient (Wildman–Crippen LogP) is 4.36. The maximum Gasteiger partial charge on any atom is 0.0722 e. The Morgan fingerprint density at radius 2 is 1.87 bits per heavy atom. The van der Waals surface area contributed by atoms with Crippen molar-refractivity contribution in [1.29, 1.82) is 5.26 Å². The van der Waals surface area contributed by atoms with Crippen molar-refractivity contribution in [2.24, 2.45) is 0 Å². The highest BCUT2D eigenvalue weighted by molar-refractivity contribution is 6.41. The summed E-state index contributed by atoms with van der Waals surface area (Å²) in [6.07, 6.45) is 0.384. The first-order chi connectivity index (χ1) is 7.04. The first-order valence-corrected chi connectivity index (χ1v) is 5.46. The van der Waals surface area contributed by atoms with Crippen molar-refractivity contribution in [3.05, 3.63) is 27.2 Å². The van der Waals surface area contributed by atoms with Gasteiger partial charge in [-0.2, -0.15) is 5.26 Å². The van der Waals surface area contributed by atoms with E-state index >= 15 is 0 Å². The fraction of sp³-hybridized carbons (Fsp3) is 0.300. The van der Waals surface area contributed by atoms with Crippen LogP contribution in [0.2, 0.25) is 15.1 Å². The van der Waals surface area contributed by atoms with Crippen molar-refractivity contribution in [2.45, 2.75) is 19.4 Å². The summed E-state index contributed by atoms with van der Waals surface area (Å²) < 4.78 is 0. The third kappa shape index (κ3) is 3.46. The molecule has 0 fully saturated rings. The van der Waals surface area contributed by atoms with E-state index in [2.05, 4.69) is 11.4 Å². The number of benzene rings is 1. The summed E-state index contributed by atoms with van der Waals surface area (Å²) >= 11 is 17.7. The van der Waals surface area contributed by atoms with E-state index in [1.54, 1.807) is 12.1 Å². The monoisotopic (exact) mass is 262 g/mol. The molecule has 0 heterocycles. The zero-order chi connectivity index (χ0) is 11.4. The van der Waals surface area contributed by atoms with Gasteiger partial charge >= 0.3 is 0 Å². The summed E-state index contributed by atoms with van der Waals surface area (Å²) in [5.41, 5.74) is 0.616. The van der Waals surface area contributed by atoms with E-state index in [4.69, 9.17) is 40.1 Å². The molecule has 1 aromatic carbocycles. The van der Waals surface area contributed by atoms with E-state index in [0.717, 1.165) is 0 Å². The van der Waals surface area contributed by atoms with Gasteiger partial charge in [-0.1, -0.05) is 34.8 Å². The minimum Gasteiger partial charge on any atom is -0.379 e. The quantitative estimate of drug-likeness (QED) is 0.879. The molecule has 0 aliphatic heterocycles. The van der Waals surface area contributed by atoms with Crippen LogP contribution < -0.4 is 5.32 Å². The predicted molar refractivity (Wildman–Crippen MR) is 64.8 cm³/mol. The Morgan fingerprint density at radius 1 is 1.33 bits per heavy atom. The van der Waals surface area contributed by atoms with Crippen LogP contribution in [-0.4, -0.2) is 6.04 Å². The lowest BCUT2D eigenvalue weighted by molar-refractivity contribution is 0.821. The van der Waals surface area contributed by atoms with Crippen molar-refractivity contribution in [3.63, 3.8) is 0 Å². The van der Waals surface area contributed by atoms with Crippen LogP contribution in [0.15, 0.2) is 12.1 Å². The first-order valence-electron chi connectivity index (χ1n) is 4.32. The van der Waals surface area contributed by atoms with Gasteiger partial charge in [0.25, 0.3) is 0 Å². The molecule has 0 bridgehead atoms. The van der Waals surface area contributed by atoms with Crippen molar-refractivity contribution < 1.29 is 0 Å². The van der Waals surface area contributed by atoms with E-state index in [1.807, 2.05) is 6.92 Å². The highest BCUT2D eigenvalue weighted by Crippen LogP contribution is 2.34. The second-order valence-electron chi connectivity index (χ2n) is 3.15. The Balaban J connectivity index is 2.91. The smallest absolute Gasteiger partial charge is 0.0722 e. The van der Waals surface area contributed by atoms with Gasteiger partial charge < -0.3 is 5.32 Å². The molecule has 0 aromatic heterocycles. The van der Waals surface area contributed by atoms with Gasteiger partial charge in [0.2, 0.25) is 0 Å². The summed E-state index contributed by atoms with van der Waals surface area (Å²) in [4.78, 5) is 0. The van der Waals surface area contributed by atoms with Gasteiger partial charge in [0.15, 0.2) is 0 Å². The standard InChI is InChI=1S/C10H9Cl3N2/c1-6(2-3-14)15-10-8(12)4-7(11)5-9(10)13/h4-6,15H,2H2,1H3. The lowest BCUT2D eigenvalue weighted by Crippen LogP contribution is -2.14. The SMILES string of the molecule is CC(CC#N)Nc1c(Cl)cc(Cl)cc1Cl. The van der Waals surface area contributed by atoms with Crippen molar-refractivity contribution >= 4 is 40.5 Å². The fourth-order valence-corrected chi connectivity index (χ4v) is 2.04. The van der Waals surface area contributed by atoms with Gasteiger partial charge in [0, 0.05) is 11.1 Å². The molecule has 0 radical (unpaired) electrons. The molecule has 0 saturated heterocycles. The normalized spacial score (nSPS) is 11.9. The van der Waals surface area contributed by atoms with E-state index in [1.165, 1.54) is 0 Å². The molecule has 1 unspecified atom stereocenters. The summed E-state index contributed by atoms with van der Waals surface area (Å²) in [5, 5.41) is 13.0. The Hall–Kier alpha value is -0.620. The highest BCUT2D eigenvalue weighted by Gasteiger charge is 2.10. The number of halogens is 3. The number of anilines is 1. The van der Waals surface area contributed by atoms with Crippen LogP contribution in [-0.2, 0) is 0 Å². The molecule has 0 aliphatic rings. The number of nitrogens with one attached hydrogen (secondary N) is 1. The van der Waals surface area contributed by atoms with Crippen LogP contribution in [0.25, 0.3) is 0 Å². The lowest BCUT2D eigenvalue weighted by atomic mass is 10.2. The largest absolute Gasteiger partial charge is 0.379 e. The van der Waals surface area contributed by atoms with Gasteiger partial charge in [-0.25, -0.2) is 0 Å². The molecule has 0 saturated carbocycles. The Morgan fingerprint density at radius 3 is 2.33 bits per heavy atom. The molecule has 0 amide bonds. The summed E-state index contributed by atoms with van der Waals surface area (Å²) in [6, 6.07) is 5.27. The van der Waals surface area contributed by atoms with Crippen LogP contribution >= 0.6 is 34.8 Å². The van der Waals surface area contributed by atoms with E-state index in [-0.39, 0.29) is 6.04 Å². The van der Waals surface area contributed by atoms with Crippen LogP contribution in [0, 0.1) is 11.3 Å². The molecular formula is C10H9Cl3N2. The average molecular weight is 264 g/mol. The molecule has 1 N–H and O–H groups in total. The Bertz CT molecular complexity index is 375. The topological polar surface area (TPSA) is 35.8 Å². The van der Waals surface area contributed by atoms with E-state index < -0.39 is 0 Å². The van der Waals surface area contributed by atoms with Crippen LogP contribution in [0.3, 0.4) is 0 Å². The zero-order valence-corrected chi connectivity index (χ0v) is 10.3. The fourth-order valence-electron chi connectivity index (χ4n) is 1.11. The number of hydrogen-bond acceptors (Lipinski definition) is 2. The van der Waals surface area contributed by atoms with Crippen molar-refractivity contribution in [1.82, 2.24) is 0 Å². The van der Waals surface area contributed by atoms with Gasteiger partial charge in [0.05, 0.1) is 28.2 Å². The summed E-state index contributed by atoms with van der Waals surface area (Å²) in [5.74, 6) is 0. The molecule has 0 aliphatic carbocycles. The first kappa shape index (κ1) is 12.4. The Labute approximate surface area is 104 Å². The van der Waals surface area contributed by atoms with Crippen LogP contribution in [0.5, 0.6) is 0 Å². The molecule has 5 heteroatoms. The second-order valence-corrected chi connectivity index (χ2v) is 4.40. The third-order valence-corrected chi connectivity index (χ3v) is 2.61. The maximum atomic E-state index is 8.52. The van der Waals surface area contributed by atoms with Gasteiger partial charge in [-0.15, -0.1) is 0 Å². The van der Waals surface area contributed by atoms with Gasteiger partial charge in [0.1, 0.15) is 0 Å². The Kier molecular flexibility index (Phi) is 4.53. The van der Waals surface area contributed by atoms with Crippen molar-refractivity contribution in [2.75, 3.05) is 5.32 Å². The van der Waals surface area contributed by atoms with Gasteiger partial charge in [-0.3, -0.25) is 0 Å². The molecule has 80 valence electrons. The number of nitriles is 1. The molecule has 1 rings (SSSR count). The number of hydrogen-bond donors (Lipinski definition) is 1. The summed E-state index contributed by atoms with van der Waals surface area (Å²) in [7, 11) is 0. The van der Waals surface area contributed by atoms with Crippen LogP contribution in [0.4, 0.5) is 5.69 Å². The maximum absolute atomic E-state index is 8.52. The number of nitrogens with zero attached hydrogens (tertiary/aromatic N) is 1. The molecular weight excluding hydrogens is 254 g/mol. The molecule has 1 atom stereocenters. The van der Waals surface area contributed by atoms with E-state index in [0.29, 0.717) is 27.2 Å². The zero-order valence-electron chi connectivity index (χ0n) is 8.02.